The summed E-state index contributed by atoms with van der Waals surface area (Å²) in [7, 11) is 1.54. The van der Waals surface area contributed by atoms with E-state index in [1.165, 1.54) is 30.1 Å². The molecule has 0 aliphatic heterocycles. The standard InChI is InChI=1S/C43H57ClF3N5O11/c1-32-4-3-5-38(41(32)52(2)42(54)33-6-7-37(44)35(28-33)36-31-51-39(43(45,46)47)29-34(36)30-49)63-11-8-40(53)50-10-13-56-15-17-58-19-21-60-23-25-62-27-26-61-24-22-59-20-18-57-16-14-55-12-9-48/h3-7,28-29,31H,8-27,48H2,1-2H3,(H,50,53). The maximum absolute atomic E-state index is 13.7. The zero-order valence-electron chi connectivity index (χ0n) is 35.7. The number of nitrogens with zero attached hydrogens (tertiary/aromatic N) is 3. The minimum Gasteiger partial charge on any atom is -0.491 e. The van der Waals surface area contributed by atoms with Crippen molar-refractivity contribution < 1.29 is 65.4 Å². The van der Waals surface area contributed by atoms with E-state index < -0.39 is 17.8 Å². The molecule has 63 heavy (non-hydrogen) atoms. The molecule has 3 N–H and O–H groups in total. The first kappa shape index (κ1) is 52.9. The molecule has 0 bridgehead atoms. The molecule has 348 valence electrons. The summed E-state index contributed by atoms with van der Waals surface area (Å²) in [5.74, 6) is -0.387. The molecule has 0 atom stereocenters. The number of nitrogens with two attached hydrogens (primary N) is 1. The van der Waals surface area contributed by atoms with Crippen LogP contribution in [0.4, 0.5) is 18.9 Å². The average Bonchev–Trinajstić information content (AvgIpc) is 3.26. The third-order valence-electron chi connectivity index (χ3n) is 8.68. The van der Waals surface area contributed by atoms with Crippen molar-refractivity contribution in [3.8, 4) is 22.9 Å². The molecule has 3 rings (SSSR count). The summed E-state index contributed by atoms with van der Waals surface area (Å²) < 4.78 is 89.1. The molecule has 0 radical (unpaired) electrons. The Hall–Kier alpha value is -4.46. The van der Waals surface area contributed by atoms with Crippen LogP contribution in [0.15, 0.2) is 48.7 Å². The van der Waals surface area contributed by atoms with Crippen LogP contribution in [-0.2, 0) is 48.9 Å². The van der Waals surface area contributed by atoms with E-state index in [0.29, 0.717) is 129 Å². The number of nitrogens with one attached hydrogen (secondary N) is 1. The van der Waals surface area contributed by atoms with Gasteiger partial charge in [-0.15, -0.1) is 0 Å². The number of amides is 2. The van der Waals surface area contributed by atoms with Crippen LogP contribution in [-0.4, -0.2) is 149 Å². The normalized spacial score (nSPS) is 11.4. The number of pyridine rings is 1. The van der Waals surface area contributed by atoms with E-state index in [-0.39, 0.29) is 59.4 Å². The lowest BCUT2D eigenvalue weighted by Gasteiger charge is -2.23. The SMILES string of the molecule is Cc1cccc(OCCC(=O)NCCOCCOCCOCCOCCOCCOCCOCCOCCN)c1N(C)C(=O)c1ccc(Cl)c(-c2cnc(C(F)(F)F)cc2C#N)c1. The molecule has 0 saturated carbocycles. The largest absolute Gasteiger partial charge is 0.491 e. The number of aryl methyl sites for hydroxylation is 1. The molecule has 16 nitrogen and oxygen atoms in total. The number of anilines is 1. The van der Waals surface area contributed by atoms with Crippen molar-refractivity contribution in [3.05, 3.63) is 76.1 Å². The monoisotopic (exact) mass is 911 g/mol. The van der Waals surface area contributed by atoms with Crippen LogP contribution >= 0.6 is 11.6 Å². The van der Waals surface area contributed by atoms with E-state index in [0.717, 1.165) is 6.20 Å². The van der Waals surface area contributed by atoms with Crippen molar-refractivity contribution >= 4 is 29.1 Å². The van der Waals surface area contributed by atoms with Crippen LogP contribution in [0.2, 0.25) is 5.02 Å². The van der Waals surface area contributed by atoms with E-state index >= 15 is 0 Å². The highest BCUT2D eigenvalue weighted by Gasteiger charge is 2.33. The van der Waals surface area contributed by atoms with Gasteiger partial charge in [-0.1, -0.05) is 23.7 Å². The Morgan fingerprint density at radius 1 is 0.762 bits per heavy atom. The summed E-state index contributed by atoms with van der Waals surface area (Å²) >= 11 is 6.38. The zero-order valence-corrected chi connectivity index (χ0v) is 36.4. The van der Waals surface area contributed by atoms with Gasteiger partial charge in [-0.2, -0.15) is 18.4 Å². The van der Waals surface area contributed by atoms with Crippen molar-refractivity contribution in [1.82, 2.24) is 10.3 Å². The summed E-state index contributed by atoms with van der Waals surface area (Å²) in [5.41, 5.74) is 5.31. The Bertz CT molecular complexity index is 1860. The summed E-state index contributed by atoms with van der Waals surface area (Å²) in [4.78, 5) is 31.0. The molecule has 0 fully saturated rings. The highest BCUT2D eigenvalue weighted by atomic mass is 35.5. The number of nitriles is 1. The molecular weight excluding hydrogens is 855 g/mol. The second-order valence-electron chi connectivity index (χ2n) is 13.3. The number of hydrogen-bond acceptors (Lipinski definition) is 14. The molecule has 2 aromatic carbocycles. The van der Waals surface area contributed by atoms with Gasteiger partial charge in [0.1, 0.15) is 11.4 Å². The minimum absolute atomic E-state index is 0.0198. The fraction of sp³-hybridized carbons (Fsp3) is 0.535. The first-order valence-corrected chi connectivity index (χ1v) is 20.7. The van der Waals surface area contributed by atoms with Gasteiger partial charge in [-0.25, -0.2) is 0 Å². The Morgan fingerprint density at radius 2 is 1.29 bits per heavy atom. The van der Waals surface area contributed by atoms with Gasteiger partial charge in [0.15, 0.2) is 0 Å². The Balaban J connectivity index is 1.24. The maximum atomic E-state index is 13.7. The summed E-state index contributed by atoms with van der Waals surface area (Å²) in [5, 5.41) is 12.5. The second-order valence-corrected chi connectivity index (χ2v) is 13.7. The van der Waals surface area contributed by atoms with E-state index in [4.69, 9.17) is 60.0 Å². The molecule has 0 aliphatic rings. The third-order valence-corrected chi connectivity index (χ3v) is 9.01. The molecular formula is C43H57ClF3N5O11. The van der Waals surface area contributed by atoms with Crippen molar-refractivity contribution in [2.45, 2.75) is 19.5 Å². The molecule has 0 aliphatic carbocycles. The van der Waals surface area contributed by atoms with Crippen LogP contribution in [0.3, 0.4) is 0 Å². The first-order valence-electron chi connectivity index (χ1n) is 20.3. The minimum atomic E-state index is -4.75. The topological polar surface area (TPSA) is 195 Å². The number of benzene rings is 2. The van der Waals surface area contributed by atoms with Gasteiger partial charge >= 0.3 is 6.18 Å². The van der Waals surface area contributed by atoms with Crippen LogP contribution in [0.5, 0.6) is 5.75 Å². The van der Waals surface area contributed by atoms with Crippen molar-refractivity contribution in [1.29, 1.82) is 5.26 Å². The number of halogens is 4. The Kier molecular flexibility index (Phi) is 25.7. The Morgan fingerprint density at radius 3 is 1.79 bits per heavy atom. The summed E-state index contributed by atoms with van der Waals surface area (Å²) in [6.07, 6.45) is -3.80. The van der Waals surface area contributed by atoms with Crippen molar-refractivity contribution in [2.24, 2.45) is 5.73 Å². The smallest absolute Gasteiger partial charge is 0.433 e. The molecule has 0 unspecified atom stereocenters. The van der Waals surface area contributed by atoms with E-state index in [1.54, 1.807) is 31.2 Å². The van der Waals surface area contributed by atoms with Gasteiger partial charge in [0.25, 0.3) is 5.91 Å². The van der Waals surface area contributed by atoms with Gasteiger partial charge in [-0.05, 0) is 42.8 Å². The van der Waals surface area contributed by atoms with Gasteiger partial charge < -0.3 is 58.6 Å². The molecule has 0 saturated heterocycles. The number of aromatic nitrogens is 1. The number of alkyl halides is 3. The summed E-state index contributed by atoms with van der Waals surface area (Å²) in [6, 6.07) is 11.9. The van der Waals surface area contributed by atoms with Crippen molar-refractivity contribution in [2.75, 3.05) is 137 Å². The van der Waals surface area contributed by atoms with Gasteiger partial charge in [-0.3, -0.25) is 14.6 Å². The number of carbonyl (C=O) groups excluding carboxylic acids is 2. The lowest BCUT2D eigenvalue weighted by Crippen LogP contribution is -2.29. The van der Waals surface area contributed by atoms with Crippen LogP contribution in [0.1, 0.15) is 33.6 Å². The van der Waals surface area contributed by atoms with E-state index in [2.05, 4.69) is 10.3 Å². The number of para-hydroxylation sites is 1. The Labute approximate surface area is 370 Å². The van der Waals surface area contributed by atoms with Crippen molar-refractivity contribution in [3.63, 3.8) is 0 Å². The fourth-order valence-corrected chi connectivity index (χ4v) is 5.80. The van der Waals surface area contributed by atoms with Crippen LogP contribution < -0.4 is 20.7 Å². The molecule has 3 aromatic rings. The highest BCUT2D eigenvalue weighted by molar-refractivity contribution is 6.33. The number of hydrogen-bond donors (Lipinski definition) is 2. The highest BCUT2D eigenvalue weighted by Crippen LogP contribution is 2.36. The van der Waals surface area contributed by atoms with Gasteiger partial charge in [0.05, 0.1) is 136 Å². The lowest BCUT2D eigenvalue weighted by atomic mass is 9.99. The van der Waals surface area contributed by atoms with Crippen LogP contribution in [0.25, 0.3) is 11.1 Å². The molecule has 0 spiro atoms. The number of rotatable bonds is 33. The number of ether oxygens (including phenoxy) is 9. The molecule has 20 heteroatoms. The first-order chi connectivity index (χ1) is 30.5. The predicted molar refractivity (Wildman–Crippen MR) is 227 cm³/mol. The number of carbonyl (C=O) groups is 2. The fourth-order valence-electron chi connectivity index (χ4n) is 5.59. The second kappa shape index (κ2) is 30.6. The molecule has 1 heterocycles. The summed E-state index contributed by atoms with van der Waals surface area (Å²) in [6.45, 7) is 9.72. The molecule has 2 amide bonds. The maximum Gasteiger partial charge on any atom is 0.433 e. The van der Waals surface area contributed by atoms with E-state index in [9.17, 15) is 28.0 Å². The predicted octanol–water partition coefficient (Wildman–Crippen LogP) is 4.85. The van der Waals surface area contributed by atoms with Gasteiger partial charge in [0.2, 0.25) is 5.91 Å². The van der Waals surface area contributed by atoms with E-state index in [1.807, 2.05) is 0 Å². The van der Waals surface area contributed by atoms with Crippen LogP contribution in [0, 0.1) is 18.3 Å². The lowest BCUT2D eigenvalue weighted by molar-refractivity contribution is -0.141. The molecule has 1 aromatic heterocycles. The zero-order chi connectivity index (χ0) is 45.7. The van der Waals surface area contributed by atoms with Gasteiger partial charge in [0, 0.05) is 48.0 Å². The quantitative estimate of drug-likeness (QED) is 0.0788. The average molecular weight is 912 g/mol. The third kappa shape index (κ3) is 20.3.